The Hall–Kier alpha value is -2.69. The molecule has 1 aliphatic rings. The lowest BCUT2D eigenvalue weighted by atomic mass is 10.1. The zero-order valence-corrected chi connectivity index (χ0v) is 13.3. The van der Waals surface area contributed by atoms with Crippen molar-refractivity contribution in [1.82, 2.24) is 0 Å². The summed E-state index contributed by atoms with van der Waals surface area (Å²) in [6, 6.07) is 13.1. The lowest BCUT2D eigenvalue weighted by molar-refractivity contribution is -0.116. The van der Waals surface area contributed by atoms with Gasteiger partial charge in [-0.2, -0.15) is 0 Å². The Balaban J connectivity index is 1.60. The molecular weight excluding hydrogens is 292 g/mol. The van der Waals surface area contributed by atoms with Crippen LogP contribution in [-0.4, -0.2) is 18.7 Å². The second kappa shape index (κ2) is 6.60. The lowest BCUT2D eigenvalue weighted by Gasteiger charge is -2.15. The predicted octanol–water partition coefficient (Wildman–Crippen LogP) is 3.42. The summed E-state index contributed by atoms with van der Waals surface area (Å²) in [6.45, 7) is 4.17. The molecule has 5 heteroatoms. The molecule has 2 aromatic rings. The first-order valence-corrected chi connectivity index (χ1v) is 7.71. The first-order valence-electron chi connectivity index (χ1n) is 7.71. The van der Waals surface area contributed by atoms with Gasteiger partial charge in [-0.1, -0.05) is 19.1 Å². The van der Waals surface area contributed by atoms with Gasteiger partial charge in [-0.15, -0.1) is 0 Å². The summed E-state index contributed by atoms with van der Waals surface area (Å²) < 4.78 is 10.6. The molecule has 0 aliphatic carbocycles. The highest BCUT2D eigenvalue weighted by Gasteiger charge is 2.16. The third kappa shape index (κ3) is 3.56. The Morgan fingerprint density at radius 2 is 1.78 bits per heavy atom. The molecule has 0 unspecified atom stereocenters. The molecule has 2 aromatic carbocycles. The zero-order valence-electron chi connectivity index (χ0n) is 13.3. The van der Waals surface area contributed by atoms with Crippen LogP contribution in [0.4, 0.5) is 11.4 Å². The minimum atomic E-state index is -0.354. The van der Waals surface area contributed by atoms with E-state index in [4.69, 9.17) is 9.47 Å². The van der Waals surface area contributed by atoms with Crippen molar-refractivity contribution in [3.8, 4) is 11.5 Å². The van der Waals surface area contributed by atoms with Crippen LogP contribution in [0.25, 0.3) is 0 Å². The maximum absolute atomic E-state index is 12.3. The van der Waals surface area contributed by atoms with Crippen LogP contribution in [0.3, 0.4) is 0 Å². The maximum atomic E-state index is 12.3. The molecule has 1 aliphatic heterocycles. The van der Waals surface area contributed by atoms with Crippen LogP contribution in [0.5, 0.6) is 11.5 Å². The highest BCUT2D eigenvalue weighted by Crippen LogP contribution is 2.34. The number of ether oxygens (including phenoxy) is 2. The molecule has 23 heavy (non-hydrogen) atoms. The molecule has 0 fully saturated rings. The van der Waals surface area contributed by atoms with E-state index in [9.17, 15) is 4.79 Å². The number of rotatable bonds is 5. The second-order valence-corrected chi connectivity index (χ2v) is 5.47. The van der Waals surface area contributed by atoms with E-state index in [-0.39, 0.29) is 18.7 Å². The van der Waals surface area contributed by atoms with Gasteiger partial charge in [0.25, 0.3) is 0 Å². The van der Waals surface area contributed by atoms with Crippen LogP contribution in [0.1, 0.15) is 19.4 Å². The van der Waals surface area contributed by atoms with Gasteiger partial charge in [0, 0.05) is 17.4 Å². The highest BCUT2D eigenvalue weighted by molar-refractivity contribution is 5.96. The van der Waals surface area contributed by atoms with E-state index < -0.39 is 0 Å². The normalized spacial score (nSPS) is 13.5. The number of benzene rings is 2. The number of fused-ring (bicyclic) bond motifs is 1. The summed E-state index contributed by atoms with van der Waals surface area (Å²) in [4.78, 5) is 12.3. The summed E-state index contributed by atoms with van der Waals surface area (Å²) in [5.74, 6) is 1.24. The minimum Gasteiger partial charge on any atom is -0.454 e. The third-order valence-corrected chi connectivity index (χ3v) is 3.78. The van der Waals surface area contributed by atoms with E-state index in [1.807, 2.05) is 19.1 Å². The van der Waals surface area contributed by atoms with Gasteiger partial charge in [-0.25, -0.2) is 0 Å². The van der Waals surface area contributed by atoms with Crippen LogP contribution in [0.2, 0.25) is 0 Å². The topological polar surface area (TPSA) is 59.6 Å². The molecule has 1 amide bonds. The summed E-state index contributed by atoms with van der Waals surface area (Å²) in [5.41, 5.74) is 2.89. The fraction of sp³-hybridized carbons (Fsp3) is 0.278. The fourth-order valence-corrected chi connectivity index (χ4v) is 2.38. The van der Waals surface area contributed by atoms with E-state index in [0.29, 0.717) is 17.2 Å². The number of aryl methyl sites for hydroxylation is 1. The Morgan fingerprint density at radius 1 is 1.09 bits per heavy atom. The van der Waals surface area contributed by atoms with Crippen molar-refractivity contribution in [3.63, 3.8) is 0 Å². The first-order chi connectivity index (χ1) is 11.2. The van der Waals surface area contributed by atoms with Gasteiger partial charge in [-0.3, -0.25) is 4.79 Å². The van der Waals surface area contributed by atoms with Crippen molar-refractivity contribution in [2.24, 2.45) is 0 Å². The van der Waals surface area contributed by atoms with Crippen molar-refractivity contribution < 1.29 is 14.3 Å². The Labute approximate surface area is 135 Å². The average Bonchev–Trinajstić information content (AvgIpc) is 3.03. The Kier molecular flexibility index (Phi) is 4.37. The van der Waals surface area contributed by atoms with Crippen molar-refractivity contribution in [2.75, 3.05) is 17.4 Å². The van der Waals surface area contributed by atoms with Gasteiger partial charge in [-0.05, 0) is 43.2 Å². The maximum Gasteiger partial charge on any atom is 0.246 e. The molecule has 120 valence electrons. The van der Waals surface area contributed by atoms with Gasteiger partial charge in [0.2, 0.25) is 12.7 Å². The molecule has 1 heterocycles. The van der Waals surface area contributed by atoms with E-state index >= 15 is 0 Å². The predicted molar refractivity (Wildman–Crippen MR) is 90.1 cm³/mol. The van der Waals surface area contributed by atoms with Gasteiger partial charge in [0.1, 0.15) is 6.04 Å². The van der Waals surface area contributed by atoms with Crippen LogP contribution in [-0.2, 0) is 11.2 Å². The fourth-order valence-electron chi connectivity index (χ4n) is 2.38. The van der Waals surface area contributed by atoms with E-state index in [1.165, 1.54) is 5.56 Å². The summed E-state index contributed by atoms with van der Waals surface area (Å²) in [7, 11) is 0. The Morgan fingerprint density at radius 3 is 2.52 bits per heavy atom. The highest BCUT2D eigenvalue weighted by atomic mass is 16.7. The number of anilines is 2. The van der Waals surface area contributed by atoms with E-state index in [1.54, 1.807) is 18.2 Å². The molecule has 0 aromatic heterocycles. The van der Waals surface area contributed by atoms with Crippen LogP contribution in [0, 0.1) is 0 Å². The molecule has 0 saturated heterocycles. The molecule has 0 saturated carbocycles. The quantitative estimate of drug-likeness (QED) is 0.888. The van der Waals surface area contributed by atoms with Crippen LogP contribution >= 0.6 is 0 Å². The number of carbonyl (C=O) groups excluding carboxylic acids is 1. The summed E-state index contributed by atoms with van der Waals surface area (Å²) in [5, 5.41) is 6.07. The third-order valence-electron chi connectivity index (χ3n) is 3.78. The first kappa shape index (κ1) is 15.2. The largest absolute Gasteiger partial charge is 0.454 e. The number of hydrogen-bond acceptors (Lipinski definition) is 4. The zero-order chi connectivity index (χ0) is 16.2. The molecular formula is C18H20N2O3. The molecule has 0 bridgehead atoms. The number of nitrogens with one attached hydrogen (secondary N) is 2. The van der Waals surface area contributed by atoms with Gasteiger partial charge >= 0.3 is 0 Å². The molecule has 5 nitrogen and oxygen atoms in total. The second-order valence-electron chi connectivity index (χ2n) is 5.47. The van der Waals surface area contributed by atoms with E-state index in [0.717, 1.165) is 12.1 Å². The van der Waals surface area contributed by atoms with E-state index in [2.05, 4.69) is 29.7 Å². The SMILES string of the molecule is CCc1ccc(N[C@H](C)C(=O)Nc2ccc3c(c2)OCO3)cc1. The molecule has 0 spiro atoms. The van der Waals surface area contributed by atoms with Gasteiger partial charge in [0.15, 0.2) is 11.5 Å². The number of hydrogen-bond donors (Lipinski definition) is 2. The molecule has 0 radical (unpaired) electrons. The van der Waals surface area contributed by atoms with Gasteiger partial charge < -0.3 is 20.1 Å². The summed E-state index contributed by atoms with van der Waals surface area (Å²) in [6.07, 6.45) is 1.00. The van der Waals surface area contributed by atoms with Gasteiger partial charge in [0.05, 0.1) is 0 Å². The van der Waals surface area contributed by atoms with Crippen molar-refractivity contribution in [1.29, 1.82) is 0 Å². The molecule has 1 atom stereocenters. The van der Waals surface area contributed by atoms with Crippen molar-refractivity contribution >= 4 is 17.3 Å². The van der Waals surface area contributed by atoms with Crippen LogP contribution < -0.4 is 20.1 Å². The van der Waals surface area contributed by atoms with Crippen molar-refractivity contribution in [2.45, 2.75) is 26.3 Å². The monoisotopic (exact) mass is 312 g/mol. The lowest BCUT2D eigenvalue weighted by Crippen LogP contribution is -2.31. The summed E-state index contributed by atoms with van der Waals surface area (Å²) >= 11 is 0. The molecule has 2 N–H and O–H groups in total. The minimum absolute atomic E-state index is 0.108. The van der Waals surface area contributed by atoms with Crippen LogP contribution in [0.15, 0.2) is 42.5 Å². The Bertz CT molecular complexity index is 698. The smallest absolute Gasteiger partial charge is 0.246 e. The number of amides is 1. The molecule has 3 rings (SSSR count). The van der Waals surface area contributed by atoms with Crippen molar-refractivity contribution in [3.05, 3.63) is 48.0 Å². The average molecular weight is 312 g/mol. The number of carbonyl (C=O) groups is 1. The standard InChI is InChI=1S/C18H20N2O3/c1-3-13-4-6-14(7-5-13)19-12(2)18(21)20-15-8-9-16-17(10-15)23-11-22-16/h4-10,12,19H,3,11H2,1-2H3,(H,20,21)/t12-/m1/s1.